The van der Waals surface area contributed by atoms with Crippen molar-refractivity contribution < 1.29 is 8.83 Å². The Balaban J connectivity index is 1.02. The summed E-state index contributed by atoms with van der Waals surface area (Å²) in [4.78, 5) is 17.8. The molecule has 42 heavy (non-hydrogen) atoms. The van der Waals surface area contributed by atoms with Crippen molar-refractivity contribution in [2.24, 2.45) is 4.99 Å². The molecule has 0 N–H and O–H groups in total. The fraction of sp³-hybridized carbons (Fsp3) is 0.0556. The van der Waals surface area contributed by atoms with Gasteiger partial charge in [0.25, 0.3) is 0 Å². The van der Waals surface area contributed by atoms with Crippen LogP contribution >= 0.6 is 0 Å². The molecule has 4 heterocycles. The van der Waals surface area contributed by atoms with Crippen molar-refractivity contribution in [3.8, 4) is 56.3 Å². The van der Waals surface area contributed by atoms with Crippen LogP contribution in [0.25, 0.3) is 67.5 Å². The first-order valence-corrected chi connectivity index (χ1v) is 13.9. The van der Waals surface area contributed by atoms with Gasteiger partial charge in [-0.2, -0.15) is 9.97 Å². The Hall–Kier alpha value is -5.62. The lowest BCUT2D eigenvalue weighted by atomic mass is 9.97. The Morgan fingerprint density at radius 3 is 1.69 bits per heavy atom. The summed E-state index contributed by atoms with van der Waals surface area (Å²) in [5, 5.41) is 0. The van der Waals surface area contributed by atoms with Gasteiger partial charge in [0, 0.05) is 30.0 Å². The van der Waals surface area contributed by atoms with Crippen LogP contribution in [-0.2, 0) is 6.42 Å². The molecule has 0 amide bonds. The zero-order valence-electron chi connectivity index (χ0n) is 22.6. The molecule has 0 bridgehead atoms. The van der Waals surface area contributed by atoms with Crippen molar-refractivity contribution in [2.75, 3.05) is 0 Å². The van der Waals surface area contributed by atoms with Crippen LogP contribution in [0.4, 0.5) is 5.82 Å². The molecular formula is C36H24N4O2. The van der Waals surface area contributed by atoms with Gasteiger partial charge in [0.1, 0.15) is 0 Å². The number of aryl methyl sites for hydroxylation is 1. The van der Waals surface area contributed by atoms with Gasteiger partial charge in [-0.1, -0.05) is 72.8 Å². The molecule has 0 radical (unpaired) electrons. The van der Waals surface area contributed by atoms with Crippen LogP contribution in [-0.4, -0.2) is 21.2 Å². The number of pyridine rings is 1. The zero-order valence-corrected chi connectivity index (χ0v) is 22.6. The van der Waals surface area contributed by atoms with Gasteiger partial charge in [0.05, 0.1) is 0 Å². The van der Waals surface area contributed by atoms with Crippen LogP contribution in [0.1, 0.15) is 12.2 Å². The third kappa shape index (κ3) is 4.49. The van der Waals surface area contributed by atoms with Crippen LogP contribution in [0.3, 0.4) is 0 Å². The van der Waals surface area contributed by atoms with E-state index in [2.05, 4.69) is 92.7 Å². The molecule has 1 aliphatic heterocycles. The molecule has 7 aromatic rings. The maximum atomic E-state index is 6.01. The molecule has 1 aliphatic rings. The predicted molar refractivity (Wildman–Crippen MR) is 166 cm³/mol. The van der Waals surface area contributed by atoms with E-state index < -0.39 is 0 Å². The smallest absolute Gasteiger partial charge is 0.228 e. The zero-order chi connectivity index (χ0) is 27.9. The van der Waals surface area contributed by atoms with Crippen LogP contribution in [0.5, 0.6) is 0 Å². The SMILES string of the molecule is C1=Nc2nc(-c3cccc(-c4ccc(-c5ccc(-c6cccc(-c7nc8ncccc8o7)c6)cc5)cc4)c3)oc2CC1. The van der Waals surface area contributed by atoms with E-state index in [1.54, 1.807) is 6.20 Å². The van der Waals surface area contributed by atoms with Gasteiger partial charge in [0.15, 0.2) is 22.8 Å². The maximum Gasteiger partial charge on any atom is 0.228 e. The van der Waals surface area contributed by atoms with Gasteiger partial charge >= 0.3 is 0 Å². The highest BCUT2D eigenvalue weighted by Gasteiger charge is 2.16. The average molecular weight is 545 g/mol. The van der Waals surface area contributed by atoms with E-state index in [1.807, 2.05) is 42.6 Å². The lowest BCUT2D eigenvalue weighted by Crippen LogP contribution is -1.89. The molecule has 0 atom stereocenters. The van der Waals surface area contributed by atoms with Gasteiger partial charge in [-0.15, -0.1) is 0 Å². The van der Waals surface area contributed by atoms with Crippen molar-refractivity contribution in [3.05, 3.63) is 121 Å². The third-order valence-electron chi connectivity index (χ3n) is 7.54. The number of oxazole rings is 2. The summed E-state index contributed by atoms with van der Waals surface area (Å²) in [6.45, 7) is 0. The number of hydrogen-bond donors (Lipinski definition) is 0. The molecule has 6 nitrogen and oxygen atoms in total. The number of hydrogen-bond acceptors (Lipinski definition) is 6. The third-order valence-corrected chi connectivity index (χ3v) is 7.54. The van der Waals surface area contributed by atoms with E-state index in [4.69, 9.17) is 8.83 Å². The average Bonchev–Trinajstić information content (AvgIpc) is 3.70. The second kappa shape index (κ2) is 10.1. The van der Waals surface area contributed by atoms with E-state index >= 15 is 0 Å². The standard InChI is InChI=1S/C36H24N4O2/c1-5-27(21-29(7-1)35-39-33-31(41-35)9-3-19-37-33)25-15-11-23(12-16-25)24-13-17-26(18-14-24)28-6-2-8-30(22-28)36-40-34-32(42-36)10-4-20-38-34/h1-3,5-9,11-22H,4,10H2. The first-order chi connectivity index (χ1) is 20.8. The summed E-state index contributed by atoms with van der Waals surface area (Å²) in [5.41, 5.74) is 9.97. The normalized spacial score (nSPS) is 12.5. The first-order valence-electron chi connectivity index (χ1n) is 13.9. The molecule has 6 heteroatoms. The maximum absolute atomic E-state index is 6.01. The van der Waals surface area contributed by atoms with E-state index in [1.165, 1.54) is 0 Å². The van der Waals surface area contributed by atoms with Crippen molar-refractivity contribution in [1.82, 2.24) is 15.0 Å². The monoisotopic (exact) mass is 544 g/mol. The van der Waals surface area contributed by atoms with Gasteiger partial charge in [0.2, 0.25) is 11.8 Å². The quantitative estimate of drug-likeness (QED) is 0.216. The fourth-order valence-electron chi connectivity index (χ4n) is 5.34. The molecule has 0 spiro atoms. The second-order valence-electron chi connectivity index (χ2n) is 10.3. The number of nitrogens with zero attached hydrogens (tertiary/aromatic N) is 4. The molecule has 0 unspecified atom stereocenters. The molecule has 0 saturated carbocycles. The van der Waals surface area contributed by atoms with E-state index in [0.717, 1.165) is 63.1 Å². The van der Waals surface area contributed by atoms with E-state index in [9.17, 15) is 0 Å². The summed E-state index contributed by atoms with van der Waals surface area (Å²) < 4.78 is 11.9. The Bertz CT molecular complexity index is 2050. The Labute approximate surface area is 242 Å². The van der Waals surface area contributed by atoms with Crippen molar-refractivity contribution in [2.45, 2.75) is 12.8 Å². The molecule has 0 fully saturated rings. The summed E-state index contributed by atoms with van der Waals surface area (Å²) in [6, 6.07) is 37.5. The number of aromatic nitrogens is 3. The highest BCUT2D eigenvalue weighted by Crippen LogP contribution is 2.33. The van der Waals surface area contributed by atoms with Gasteiger partial charge in [-0.3, -0.25) is 0 Å². The first kappa shape index (κ1) is 24.2. The lowest BCUT2D eigenvalue weighted by Gasteiger charge is -2.08. The highest BCUT2D eigenvalue weighted by molar-refractivity contribution is 5.78. The van der Waals surface area contributed by atoms with Crippen LogP contribution < -0.4 is 0 Å². The topological polar surface area (TPSA) is 77.3 Å². The predicted octanol–water partition coefficient (Wildman–Crippen LogP) is 9.19. The molecule has 0 saturated heterocycles. The minimum absolute atomic E-state index is 0.571. The summed E-state index contributed by atoms with van der Waals surface area (Å²) in [6.07, 6.45) is 5.36. The molecule has 8 rings (SSSR count). The number of rotatable bonds is 5. The van der Waals surface area contributed by atoms with Crippen molar-refractivity contribution in [1.29, 1.82) is 0 Å². The van der Waals surface area contributed by atoms with Gasteiger partial charge in [-0.05, 0) is 76.2 Å². The van der Waals surface area contributed by atoms with E-state index in [0.29, 0.717) is 28.8 Å². The molecule has 4 aromatic carbocycles. The summed E-state index contributed by atoms with van der Waals surface area (Å²) in [7, 11) is 0. The van der Waals surface area contributed by atoms with Gasteiger partial charge < -0.3 is 8.83 Å². The highest BCUT2D eigenvalue weighted by atomic mass is 16.4. The molecule has 3 aromatic heterocycles. The Kier molecular flexibility index (Phi) is 5.81. The molecular weight excluding hydrogens is 520 g/mol. The summed E-state index contributed by atoms with van der Waals surface area (Å²) >= 11 is 0. The number of fused-ring (bicyclic) bond motifs is 2. The van der Waals surface area contributed by atoms with Crippen LogP contribution in [0, 0.1) is 0 Å². The summed E-state index contributed by atoms with van der Waals surface area (Å²) in [5.74, 6) is 2.75. The number of benzene rings is 4. The van der Waals surface area contributed by atoms with E-state index in [-0.39, 0.29) is 0 Å². The van der Waals surface area contributed by atoms with Crippen molar-refractivity contribution >= 4 is 23.3 Å². The fourth-order valence-corrected chi connectivity index (χ4v) is 5.34. The molecule has 200 valence electrons. The second-order valence-corrected chi connectivity index (χ2v) is 10.3. The van der Waals surface area contributed by atoms with Gasteiger partial charge in [-0.25, -0.2) is 9.98 Å². The van der Waals surface area contributed by atoms with Crippen LogP contribution in [0.15, 0.2) is 129 Å². The van der Waals surface area contributed by atoms with Crippen LogP contribution in [0.2, 0.25) is 0 Å². The Morgan fingerprint density at radius 2 is 1.10 bits per heavy atom. The lowest BCUT2D eigenvalue weighted by molar-refractivity contribution is 0.520. The van der Waals surface area contributed by atoms with Crippen molar-refractivity contribution in [3.63, 3.8) is 0 Å². The minimum atomic E-state index is 0.571. The minimum Gasteiger partial charge on any atom is -0.439 e. The largest absolute Gasteiger partial charge is 0.439 e. The Morgan fingerprint density at radius 1 is 0.524 bits per heavy atom. The molecule has 0 aliphatic carbocycles. The number of aliphatic imine (C=N–C) groups is 1.